The molecule has 3 aromatic heterocycles. The Morgan fingerprint density at radius 1 is 1.21 bits per heavy atom. The van der Waals surface area contributed by atoms with E-state index in [1.54, 1.807) is 52.3 Å². The summed E-state index contributed by atoms with van der Waals surface area (Å²) in [6, 6.07) is 8.55. The molecule has 11 nitrogen and oxygen atoms in total. The second-order valence-electron chi connectivity index (χ2n) is 10.5. The molecule has 1 aromatic carbocycles. The summed E-state index contributed by atoms with van der Waals surface area (Å²) in [6.07, 6.45) is 7.74. The molecule has 1 atom stereocenters. The zero-order valence-corrected chi connectivity index (χ0v) is 22.6. The number of hydrogen-bond donors (Lipinski definition) is 2. The van der Waals surface area contributed by atoms with Crippen molar-refractivity contribution in [3.63, 3.8) is 0 Å². The minimum atomic E-state index is -3.37. The lowest BCUT2D eigenvalue weighted by Gasteiger charge is -2.34. The van der Waals surface area contributed by atoms with E-state index in [2.05, 4.69) is 20.6 Å². The molecule has 12 heteroatoms. The Balaban J connectivity index is 1.55. The van der Waals surface area contributed by atoms with Crippen molar-refractivity contribution < 1.29 is 17.9 Å². The van der Waals surface area contributed by atoms with Crippen LogP contribution in [0.2, 0.25) is 0 Å². The number of nitrogens with one attached hydrogen (secondary N) is 2. The first-order valence-corrected chi connectivity index (χ1v) is 14.3. The number of nitrogens with zero attached hydrogens (tertiary/aromatic N) is 5. The maximum Gasteiger partial charge on any atom is 0.410 e. The summed E-state index contributed by atoms with van der Waals surface area (Å²) >= 11 is 0. The summed E-state index contributed by atoms with van der Waals surface area (Å²) in [7, 11) is -3.37. The number of likely N-dealkylation sites (tertiary alicyclic amines) is 1. The predicted molar refractivity (Wildman–Crippen MR) is 143 cm³/mol. The van der Waals surface area contributed by atoms with E-state index in [4.69, 9.17) is 9.72 Å². The van der Waals surface area contributed by atoms with E-state index in [1.165, 1.54) is 6.26 Å². The van der Waals surface area contributed by atoms with E-state index >= 15 is 0 Å². The molecular weight excluding hydrogens is 506 g/mol. The van der Waals surface area contributed by atoms with Crippen LogP contribution in [-0.2, 0) is 14.6 Å². The number of carbonyl (C=O) groups is 1. The van der Waals surface area contributed by atoms with Crippen molar-refractivity contribution >= 4 is 33.1 Å². The maximum atomic E-state index is 12.8. The number of hydrogen-bond acceptors (Lipinski definition) is 8. The van der Waals surface area contributed by atoms with Crippen LogP contribution in [0.5, 0.6) is 0 Å². The number of rotatable bonds is 5. The van der Waals surface area contributed by atoms with Crippen molar-refractivity contribution in [3.05, 3.63) is 54.6 Å². The van der Waals surface area contributed by atoms with Gasteiger partial charge in [0.15, 0.2) is 15.5 Å². The average Bonchev–Trinajstić information content (AvgIpc) is 3.53. The normalized spacial score (nSPS) is 16.5. The molecule has 1 unspecified atom stereocenters. The van der Waals surface area contributed by atoms with E-state index in [-0.39, 0.29) is 16.9 Å². The first-order valence-electron chi connectivity index (χ1n) is 12.4. The van der Waals surface area contributed by atoms with Crippen molar-refractivity contribution in [3.8, 4) is 11.1 Å². The molecule has 2 N–H and O–H groups in total. The number of sulfone groups is 1. The molecule has 0 bridgehead atoms. The molecule has 4 aromatic rings. The number of piperidine rings is 1. The average molecular weight is 538 g/mol. The third kappa shape index (κ3) is 5.49. The number of H-pyrrole nitrogens is 1. The monoisotopic (exact) mass is 537 g/mol. The fourth-order valence-corrected chi connectivity index (χ4v) is 5.21. The largest absolute Gasteiger partial charge is 0.444 e. The summed E-state index contributed by atoms with van der Waals surface area (Å²) in [5.74, 6) is 0.607. The van der Waals surface area contributed by atoms with E-state index in [1.807, 2.05) is 26.8 Å². The van der Waals surface area contributed by atoms with Gasteiger partial charge in [0, 0.05) is 54.3 Å². The van der Waals surface area contributed by atoms with Crippen molar-refractivity contribution in [2.75, 3.05) is 24.7 Å². The molecule has 1 aliphatic heterocycles. The van der Waals surface area contributed by atoms with Gasteiger partial charge in [-0.15, -0.1) is 0 Å². The zero-order valence-electron chi connectivity index (χ0n) is 21.8. The number of anilines is 2. The minimum absolute atomic E-state index is 0.0173. The molecule has 5 rings (SSSR count). The molecule has 0 spiro atoms. The van der Waals surface area contributed by atoms with Gasteiger partial charge in [0.1, 0.15) is 11.4 Å². The Hall–Kier alpha value is -3.93. The van der Waals surface area contributed by atoms with Crippen LogP contribution in [0.3, 0.4) is 0 Å². The highest BCUT2D eigenvalue weighted by Crippen LogP contribution is 2.32. The van der Waals surface area contributed by atoms with Crippen LogP contribution in [-0.4, -0.2) is 69.2 Å². The Kier molecular flexibility index (Phi) is 6.59. The Morgan fingerprint density at radius 3 is 2.74 bits per heavy atom. The van der Waals surface area contributed by atoms with Gasteiger partial charge in [-0.25, -0.2) is 18.2 Å². The number of aromatic amines is 1. The molecule has 0 saturated carbocycles. The fourth-order valence-electron chi connectivity index (χ4n) is 4.54. The van der Waals surface area contributed by atoms with Crippen molar-refractivity contribution in [2.24, 2.45) is 0 Å². The number of amides is 1. The molecule has 1 amide bonds. The standard InChI is InChI=1S/C26H31N7O4S/c1-26(2,3)37-25(34)32-10-6-7-17(16-32)22-12-23(30-19-8-5-9-20(11-19)38(4,35)36)33-24(31-22)21(15-29-33)18-13-27-28-14-18/h5,8-9,11-15,17,30H,6-7,10,16H2,1-4H3,(H,27,28). The molecule has 0 aliphatic carbocycles. The molecule has 1 aliphatic rings. The van der Waals surface area contributed by atoms with E-state index < -0.39 is 15.4 Å². The SMILES string of the molecule is CC(C)(C)OC(=O)N1CCCC(c2cc(Nc3cccc(S(C)(=O)=O)c3)n3ncc(-c4cn[nH]c4)c3n2)C1. The van der Waals surface area contributed by atoms with Gasteiger partial charge in [0.05, 0.1) is 23.0 Å². The second kappa shape index (κ2) is 9.75. The van der Waals surface area contributed by atoms with Gasteiger partial charge in [0.25, 0.3) is 0 Å². The number of ether oxygens (including phenoxy) is 1. The number of aromatic nitrogens is 5. The minimum Gasteiger partial charge on any atom is -0.444 e. The van der Waals surface area contributed by atoms with E-state index in [0.29, 0.717) is 30.2 Å². The molecule has 1 saturated heterocycles. The summed E-state index contributed by atoms with van der Waals surface area (Å²) in [5.41, 5.74) is 3.10. The molecular formula is C26H31N7O4S. The van der Waals surface area contributed by atoms with Crippen molar-refractivity contribution in [1.82, 2.24) is 29.7 Å². The van der Waals surface area contributed by atoms with Crippen LogP contribution in [0.4, 0.5) is 16.3 Å². The third-order valence-corrected chi connectivity index (χ3v) is 7.44. The molecule has 0 radical (unpaired) electrons. The van der Waals surface area contributed by atoms with E-state index in [0.717, 1.165) is 29.7 Å². The summed E-state index contributed by atoms with van der Waals surface area (Å²) < 4.78 is 31.5. The van der Waals surface area contributed by atoms with Gasteiger partial charge < -0.3 is 15.0 Å². The summed E-state index contributed by atoms with van der Waals surface area (Å²) in [5, 5.41) is 14.8. The van der Waals surface area contributed by atoms with Gasteiger partial charge in [-0.05, 0) is 51.8 Å². The highest BCUT2D eigenvalue weighted by Gasteiger charge is 2.30. The van der Waals surface area contributed by atoms with Gasteiger partial charge in [-0.1, -0.05) is 6.07 Å². The van der Waals surface area contributed by atoms with Gasteiger partial charge in [-0.3, -0.25) is 5.10 Å². The lowest BCUT2D eigenvalue weighted by molar-refractivity contribution is 0.0197. The quantitative estimate of drug-likeness (QED) is 0.383. The van der Waals surface area contributed by atoms with Crippen LogP contribution in [0, 0.1) is 0 Å². The number of carbonyl (C=O) groups excluding carboxylic acids is 1. The molecule has 4 heterocycles. The molecule has 38 heavy (non-hydrogen) atoms. The number of fused-ring (bicyclic) bond motifs is 1. The molecule has 1 fully saturated rings. The van der Waals surface area contributed by atoms with Gasteiger partial charge in [-0.2, -0.15) is 14.7 Å². The van der Waals surface area contributed by atoms with Crippen LogP contribution in [0.25, 0.3) is 16.8 Å². The zero-order chi connectivity index (χ0) is 27.1. The summed E-state index contributed by atoms with van der Waals surface area (Å²) in [4.78, 5) is 19.7. The Morgan fingerprint density at radius 2 is 2.03 bits per heavy atom. The lowest BCUT2D eigenvalue weighted by Crippen LogP contribution is -2.42. The summed E-state index contributed by atoms with van der Waals surface area (Å²) in [6.45, 7) is 6.68. The van der Waals surface area contributed by atoms with E-state index in [9.17, 15) is 13.2 Å². The fraction of sp³-hybridized carbons (Fsp3) is 0.385. The maximum absolute atomic E-state index is 12.8. The predicted octanol–water partition coefficient (Wildman–Crippen LogP) is 4.38. The molecule has 200 valence electrons. The topological polar surface area (TPSA) is 135 Å². The van der Waals surface area contributed by atoms with Crippen molar-refractivity contribution in [2.45, 2.75) is 50.0 Å². The highest BCUT2D eigenvalue weighted by molar-refractivity contribution is 7.90. The third-order valence-electron chi connectivity index (χ3n) is 6.33. The first-order chi connectivity index (χ1) is 18.0. The first kappa shape index (κ1) is 25.7. The lowest BCUT2D eigenvalue weighted by atomic mass is 9.94. The van der Waals surface area contributed by atoms with Gasteiger partial charge in [0.2, 0.25) is 0 Å². The van der Waals surface area contributed by atoms with Crippen LogP contribution in [0.15, 0.2) is 53.8 Å². The van der Waals surface area contributed by atoms with Crippen LogP contribution < -0.4 is 5.32 Å². The Bertz CT molecular complexity index is 1570. The number of benzene rings is 1. The van der Waals surface area contributed by atoms with Crippen LogP contribution in [0.1, 0.15) is 45.2 Å². The van der Waals surface area contributed by atoms with Gasteiger partial charge >= 0.3 is 6.09 Å². The Labute approximate surface area is 221 Å². The highest BCUT2D eigenvalue weighted by atomic mass is 32.2. The van der Waals surface area contributed by atoms with Crippen molar-refractivity contribution in [1.29, 1.82) is 0 Å². The smallest absolute Gasteiger partial charge is 0.410 e. The van der Waals surface area contributed by atoms with Crippen LogP contribution >= 0.6 is 0 Å². The second-order valence-corrected chi connectivity index (χ2v) is 12.6.